The van der Waals surface area contributed by atoms with Crippen LogP contribution in [0.15, 0.2) is 67.0 Å². The number of hydrogen-bond acceptors (Lipinski definition) is 9. The zero-order chi connectivity index (χ0) is 35.4. The van der Waals surface area contributed by atoms with Crippen molar-refractivity contribution in [3.63, 3.8) is 0 Å². The van der Waals surface area contributed by atoms with Crippen LogP contribution in [-0.4, -0.2) is 88.9 Å². The van der Waals surface area contributed by atoms with Gasteiger partial charge in [-0.1, -0.05) is 81.7 Å². The van der Waals surface area contributed by atoms with E-state index < -0.39 is 14.2 Å². The monoisotopic (exact) mass is 678 g/mol. The van der Waals surface area contributed by atoms with Gasteiger partial charge < -0.3 is 46.7 Å². The number of piperidine rings is 2. The maximum absolute atomic E-state index is 8.88. The van der Waals surface area contributed by atoms with Crippen molar-refractivity contribution >= 4 is 19.9 Å². The van der Waals surface area contributed by atoms with E-state index >= 15 is 0 Å². The number of unbranched alkanes of at least 4 members (excludes halogenated alkanes) is 2. The lowest BCUT2D eigenvalue weighted by Crippen LogP contribution is -2.41. The predicted octanol–water partition coefficient (Wildman–Crippen LogP) is 4.73. The highest BCUT2D eigenvalue weighted by molar-refractivity contribution is 6.41. The van der Waals surface area contributed by atoms with Gasteiger partial charge in [-0.25, -0.2) is 0 Å². The molecule has 0 spiro atoms. The fraction of sp³-hybridized carbons (Fsp3) is 0.632. The Morgan fingerprint density at radius 2 is 1.27 bits per heavy atom. The third-order valence-electron chi connectivity index (χ3n) is 10.5. The second kappa shape index (κ2) is 23.2. The summed E-state index contributed by atoms with van der Waals surface area (Å²) in [4.78, 5) is 4.86. The largest absolute Gasteiger partial charge is 0.451 e. The van der Waals surface area contributed by atoms with Crippen molar-refractivity contribution in [1.29, 1.82) is 0 Å². The summed E-state index contributed by atoms with van der Waals surface area (Å²) in [6.45, 7) is 11.8. The Morgan fingerprint density at radius 1 is 0.755 bits per heavy atom. The second-order valence-electron chi connectivity index (χ2n) is 14.2. The SMILES string of the molecule is C=C(Nc1ccc(CC)cc1)N1CCC(C(N)CCCCB(O)O)CC1.NC(CCCCB(O)O)C1CCN(CCc2ccccc2)CC1. The maximum Gasteiger partial charge on any atom is 0.451 e. The highest BCUT2D eigenvalue weighted by Gasteiger charge is 2.25. The molecule has 11 heteroatoms. The van der Waals surface area contributed by atoms with E-state index in [0.717, 1.165) is 108 Å². The standard InChI is InChI=1S/C20H34BN3O2.C18H31BN2O2/c1-3-17-7-9-19(10-8-17)23-16(2)24-14-11-18(12-15-24)20(22)6-4-5-13-21(25)26;20-18(8-4-5-12-19(22)23)17-10-14-21(15-11-17)13-9-16-6-2-1-3-7-16/h7-10,18,20,23,25-26H,2-6,11-15,22H2,1H3;1-3,6-7,17-18,22-23H,4-5,8-15,20H2. The summed E-state index contributed by atoms with van der Waals surface area (Å²) in [7, 11) is -2.36. The molecule has 2 aliphatic rings. The van der Waals surface area contributed by atoms with Crippen LogP contribution in [0.3, 0.4) is 0 Å². The summed E-state index contributed by atoms with van der Waals surface area (Å²) in [6, 6.07) is 19.7. The molecule has 49 heavy (non-hydrogen) atoms. The minimum atomic E-state index is -1.19. The number of benzene rings is 2. The molecule has 2 fully saturated rings. The van der Waals surface area contributed by atoms with Crippen molar-refractivity contribution in [2.75, 3.05) is 38.0 Å². The van der Waals surface area contributed by atoms with Gasteiger partial charge in [0.1, 0.15) is 0 Å². The minimum absolute atomic E-state index is 0.204. The van der Waals surface area contributed by atoms with E-state index in [-0.39, 0.29) is 12.1 Å². The van der Waals surface area contributed by atoms with Crippen LogP contribution >= 0.6 is 0 Å². The topological polar surface area (TPSA) is 151 Å². The molecule has 2 aliphatic heterocycles. The van der Waals surface area contributed by atoms with Crippen LogP contribution in [0.2, 0.25) is 12.6 Å². The lowest BCUT2D eigenvalue weighted by atomic mass is 9.82. The molecular weight excluding hydrogens is 612 g/mol. The first kappa shape index (κ1) is 41.1. The van der Waals surface area contributed by atoms with Gasteiger partial charge in [-0.15, -0.1) is 0 Å². The van der Waals surface area contributed by atoms with Crippen molar-refractivity contribution in [3.05, 3.63) is 78.1 Å². The molecule has 0 saturated carbocycles. The number of rotatable bonds is 19. The van der Waals surface area contributed by atoms with Gasteiger partial charge in [0.15, 0.2) is 0 Å². The molecule has 0 radical (unpaired) electrons. The number of hydrogen-bond donors (Lipinski definition) is 7. The summed E-state index contributed by atoms with van der Waals surface area (Å²) >= 11 is 0. The van der Waals surface area contributed by atoms with Gasteiger partial charge in [-0.2, -0.15) is 0 Å². The third-order valence-corrected chi connectivity index (χ3v) is 10.5. The first-order valence-corrected chi connectivity index (χ1v) is 18.9. The number of aryl methyl sites for hydroxylation is 1. The van der Waals surface area contributed by atoms with E-state index in [2.05, 4.69) is 83.2 Å². The van der Waals surface area contributed by atoms with E-state index in [4.69, 9.17) is 31.6 Å². The van der Waals surface area contributed by atoms with Crippen LogP contribution in [0.1, 0.15) is 82.3 Å². The Labute approximate surface area is 297 Å². The van der Waals surface area contributed by atoms with E-state index in [1.807, 2.05) is 0 Å². The van der Waals surface area contributed by atoms with Crippen molar-refractivity contribution in [2.45, 2.75) is 109 Å². The number of likely N-dealkylation sites (tertiary alicyclic amines) is 2. The molecule has 9 nitrogen and oxygen atoms in total. The number of nitrogens with one attached hydrogen (secondary N) is 1. The number of nitrogens with two attached hydrogens (primary N) is 2. The normalized spacial score (nSPS) is 17.2. The van der Waals surface area contributed by atoms with Crippen LogP contribution in [0.25, 0.3) is 0 Å². The minimum Gasteiger partial charge on any atom is -0.427 e. The van der Waals surface area contributed by atoms with Gasteiger partial charge in [0.2, 0.25) is 0 Å². The van der Waals surface area contributed by atoms with Gasteiger partial charge in [-0.05, 0) is 112 Å². The number of anilines is 1. The summed E-state index contributed by atoms with van der Waals surface area (Å²) in [5.74, 6) is 2.13. The van der Waals surface area contributed by atoms with Gasteiger partial charge in [0, 0.05) is 37.4 Å². The van der Waals surface area contributed by atoms with Gasteiger partial charge in [0.05, 0.1) is 5.82 Å². The molecule has 0 aromatic heterocycles. The Balaban J connectivity index is 0.000000267. The summed E-state index contributed by atoms with van der Waals surface area (Å²) < 4.78 is 0. The highest BCUT2D eigenvalue weighted by atomic mass is 16.4. The molecule has 2 heterocycles. The molecule has 0 amide bonds. The molecule has 2 atom stereocenters. The summed E-state index contributed by atoms with van der Waals surface area (Å²) in [5, 5.41) is 38.9. The molecule has 0 bridgehead atoms. The smallest absolute Gasteiger partial charge is 0.427 e. The first-order valence-electron chi connectivity index (χ1n) is 18.9. The molecule has 9 N–H and O–H groups in total. The van der Waals surface area contributed by atoms with Gasteiger partial charge in [-0.3, -0.25) is 0 Å². The van der Waals surface area contributed by atoms with Gasteiger partial charge in [0.25, 0.3) is 0 Å². The van der Waals surface area contributed by atoms with E-state index in [9.17, 15) is 0 Å². The van der Waals surface area contributed by atoms with Gasteiger partial charge >= 0.3 is 14.2 Å². The Kier molecular flexibility index (Phi) is 19.4. The molecule has 4 rings (SSSR count). The predicted molar refractivity (Wildman–Crippen MR) is 206 cm³/mol. The van der Waals surface area contributed by atoms with Crippen molar-refractivity contribution in [1.82, 2.24) is 9.80 Å². The van der Waals surface area contributed by atoms with Crippen molar-refractivity contribution in [2.24, 2.45) is 23.3 Å². The molecule has 2 unspecified atom stereocenters. The molecule has 2 aromatic rings. The second-order valence-corrected chi connectivity index (χ2v) is 14.2. The molecule has 0 aliphatic carbocycles. The Hall–Kier alpha value is -2.37. The Bertz CT molecular complexity index is 1140. The van der Waals surface area contributed by atoms with Crippen molar-refractivity contribution in [3.8, 4) is 0 Å². The number of nitrogens with zero attached hydrogens (tertiary/aromatic N) is 2. The van der Waals surface area contributed by atoms with Crippen LogP contribution in [0.4, 0.5) is 5.69 Å². The van der Waals surface area contributed by atoms with E-state index in [1.165, 1.54) is 24.0 Å². The zero-order valence-corrected chi connectivity index (χ0v) is 30.1. The van der Waals surface area contributed by atoms with Crippen molar-refractivity contribution < 1.29 is 20.1 Å². The maximum atomic E-state index is 8.88. The van der Waals surface area contributed by atoms with Crippen LogP contribution < -0.4 is 16.8 Å². The summed E-state index contributed by atoms with van der Waals surface area (Å²) in [5.41, 5.74) is 16.5. The average molecular weight is 678 g/mol. The van der Waals surface area contributed by atoms with Crippen LogP contribution in [0.5, 0.6) is 0 Å². The molecule has 272 valence electrons. The lowest BCUT2D eigenvalue weighted by Gasteiger charge is -2.37. The quantitative estimate of drug-likeness (QED) is 0.0828. The van der Waals surface area contributed by atoms with Crippen LogP contribution in [-0.2, 0) is 12.8 Å². The zero-order valence-electron chi connectivity index (χ0n) is 30.1. The molecular formula is C38H65B2N5O4. The fourth-order valence-corrected chi connectivity index (χ4v) is 7.09. The van der Waals surface area contributed by atoms with E-state index in [1.54, 1.807) is 0 Å². The fourth-order valence-electron chi connectivity index (χ4n) is 7.09. The molecule has 2 saturated heterocycles. The summed E-state index contributed by atoms with van der Waals surface area (Å²) in [6.07, 6.45) is 13.2. The Morgan fingerprint density at radius 3 is 1.76 bits per heavy atom. The highest BCUT2D eigenvalue weighted by Crippen LogP contribution is 2.26. The van der Waals surface area contributed by atoms with Crippen LogP contribution in [0, 0.1) is 11.8 Å². The average Bonchev–Trinajstić information content (AvgIpc) is 3.12. The first-order chi connectivity index (χ1) is 23.6. The molecule has 2 aromatic carbocycles. The lowest BCUT2D eigenvalue weighted by molar-refractivity contribution is 0.167. The third kappa shape index (κ3) is 16.5. The van der Waals surface area contributed by atoms with E-state index in [0.29, 0.717) is 24.5 Å².